The zero-order valence-corrected chi connectivity index (χ0v) is 11.8. The van der Waals surface area contributed by atoms with E-state index >= 15 is 0 Å². The van der Waals surface area contributed by atoms with Crippen molar-refractivity contribution in [2.75, 3.05) is 0 Å². The first-order chi connectivity index (χ1) is 8.82. The van der Waals surface area contributed by atoms with Gasteiger partial charge in [0.15, 0.2) is 0 Å². The second-order valence-electron chi connectivity index (χ2n) is 5.71. The molecule has 1 aromatic rings. The SMILES string of the molecule is Cc1cc(C)c(C)c(OC2CCC(N)(C(N)=O)C2)c1. The highest BCUT2D eigenvalue weighted by atomic mass is 16.5. The molecule has 0 spiro atoms. The Kier molecular flexibility index (Phi) is 3.54. The molecule has 4 N–H and O–H groups in total. The molecule has 2 unspecified atom stereocenters. The second kappa shape index (κ2) is 4.85. The summed E-state index contributed by atoms with van der Waals surface area (Å²) in [5.41, 5.74) is 13.9. The smallest absolute Gasteiger partial charge is 0.237 e. The van der Waals surface area contributed by atoms with Crippen molar-refractivity contribution in [2.24, 2.45) is 11.5 Å². The standard InChI is InChI=1S/C15H22N2O2/c1-9-6-10(2)11(3)13(7-9)19-12-4-5-15(17,8-12)14(16)18/h6-7,12H,4-5,8,17H2,1-3H3,(H2,16,18). The van der Waals surface area contributed by atoms with Crippen molar-refractivity contribution >= 4 is 5.91 Å². The normalized spacial score (nSPS) is 26.4. The Morgan fingerprint density at radius 3 is 2.63 bits per heavy atom. The van der Waals surface area contributed by atoms with Gasteiger partial charge in [0.25, 0.3) is 0 Å². The molecule has 0 aromatic heterocycles. The van der Waals surface area contributed by atoms with Gasteiger partial charge in [0, 0.05) is 6.42 Å². The maximum absolute atomic E-state index is 11.3. The van der Waals surface area contributed by atoms with Crippen molar-refractivity contribution in [1.82, 2.24) is 0 Å². The van der Waals surface area contributed by atoms with Crippen molar-refractivity contribution in [3.8, 4) is 5.75 Å². The summed E-state index contributed by atoms with van der Waals surface area (Å²) in [7, 11) is 0. The predicted octanol–water partition coefficient (Wildman–Crippen LogP) is 1.73. The maximum Gasteiger partial charge on any atom is 0.237 e. The van der Waals surface area contributed by atoms with Crippen LogP contribution in [-0.2, 0) is 4.79 Å². The van der Waals surface area contributed by atoms with Gasteiger partial charge < -0.3 is 16.2 Å². The number of primary amides is 1. The Bertz CT molecular complexity index is 513. The van der Waals surface area contributed by atoms with Gasteiger partial charge in [-0.2, -0.15) is 0 Å². The monoisotopic (exact) mass is 262 g/mol. The first kappa shape index (κ1) is 13.9. The Balaban J connectivity index is 2.14. The molecule has 19 heavy (non-hydrogen) atoms. The van der Waals surface area contributed by atoms with Crippen molar-refractivity contribution in [2.45, 2.75) is 51.7 Å². The maximum atomic E-state index is 11.3. The van der Waals surface area contributed by atoms with Gasteiger partial charge in [-0.25, -0.2) is 0 Å². The van der Waals surface area contributed by atoms with E-state index in [0.717, 1.165) is 17.7 Å². The predicted molar refractivity (Wildman–Crippen MR) is 75.0 cm³/mol. The summed E-state index contributed by atoms with van der Waals surface area (Å²) >= 11 is 0. The number of nitrogens with two attached hydrogens (primary N) is 2. The first-order valence-corrected chi connectivity index (χ1v) is 6.65. The van der Waals surface area contributed by atoms with Crippen LogP contribution in [0.5, 0.6) is 5.75 Å². The average molecular weight is 262 g/mol. The van der Waals surface area contributed by atoms with E-state index in [-0.39, 0.29) is 6.10 Å². The summed E-state index contributed by atoms with van der Waals surface area (Å²) in [4.78, 5) is 11.3. The molecule has 4 heteroatoms. The van der Waals surface area contributed by atoms with E-state index in [4.69, 9.17) is 16.2 Å². The van der Waals surface area contributed by atoms with Crippen molar-refractivity contribution in [3.05, 3.63) is 28.8 Å². The third-order valence-corrected chi connectivity index (χ3v) is 4.05. The summed E-state index contributed by atoms with van der Waals surface area (Å²) in [6, 6.07) is 4.16. The average Bonchev–Trinajstić information content (AvgIpc) is 2.69. The summed E-state index contributed by atoms with van der Waals surface area (Å²) in [6.45, 7) is 6.16. The van der Waals surface area contributed by atoms with Crippen molar-refractivity contribution in [1.29, 1.82) is 0 Å². The summed E-state index contributed by atoms with van der Waals surface area (Å²) in [5.74, 6) is 0.451. The van der Waals surface area contributed by atoms with E-state index in [1.165, 1.54) is 11.1 Å². The minimum Gasteiger partial charge on any atom is -0.490 e. The minimum atomic E-state index is -0.905. The molecule has 1 amide bonds. The molecule has 1 aliphatic rings. The second-order valence-corrected chi connectivity index (χ2v) is 5.71. The van der Waals surface area contributed by atoms with Crippen LogP contribution in [-0.4, -0.2) is 17.6 Å². The number of amides is 1. The van der Waals surface area contributed by atoms with Gasteiger partial charge in [0.1, 0.15) is 11.9 Å². The molecule has 0 radical (unpaired) electrons. The third-order valence-electron chi connectivity index (χ3n) is 4.05. The van der Waals surface area contributed by atoms with Crippen LogP contribution in [0.1, 0.15) is 36.0 Å². The molecule has 4 nitrogen and oxygen atoms in total. The van der Waals surface area contributed by atoms with Crippen LogP contribution >= 0.6 is 0 Å². The molecule has 0 bridgehead atoms. The Morgan fingerprint density at radius 2 is 2.05 bits per heavy atom. The Labute approximate surface area is 114 Å². The number of ether oxygens (including phenoxy) is 1. The highest BCUT2D eigenvalue weighted by Gasteiger charge is 2.41. The van der Waals surface area contributed by atoms with Crippen LogP contribution in [0.3, 0.4) is 0 Å². The van der Waals surface area contributed by atoms with Crippen molar-refractivity contribution in [3.63, 3.8) is 0 Å². The molecular weight excluding hydrogens is 240 g/mol. The van der Waals surface area contributed by atoms with Crippen LogP contribution in [0.25, 0.3) is 0 Å². The number of aryl methyl sites for hydroxylation is 2. The molecule has 0 aliphatic heterocycles. The van der Waals surface area contributed by atoms with Gasteiger partial charge in [0.05, 0.1) is 5.54 Å². The minimum absolute atomic E-state index is 0.0302. The van der Waals surface area contributed by atoms with Gasteiger partial charge in [-0.05, 0) is 56.4 Å². The molecule has 1 saturated carbocycles. The fraction of sp³-hybridized carbons (Fsp3) is 0.533. The first-order valence-electron chi connectivity index (χ1n) is 6.65. The van der Waals surface area contributed by atoms with E-state index in [1.807, 2.05) is 19.9 Å². The van der Waals surface area contributed by atoms with E-state index in [2.05, 4.69) is 13.0 Å². The van der Waals surface area contributed by atoms with Crippen LogP contribution in [0.4, 0.5) is 0 Å². The molecule has 1 aromatic carbocycles. The lowest BCUT2D eigenvalue weighted by Gasteiger charge is -2.21. The molecule has 2 rings (SSSR count). The number of hydrogen-bond acceptors (Lipinski definition) is 3. The van der Waals surface area contributed by atoms with Crippen LogP contribution in [0.15, 0.2) is 12.1 Å². The fourth-order valence-corrected chi connectivity index (χ4v) is 2.66. The highest BCUT2D eigenvalue weighted by Crippen LogP contribution is 2.33. The van der Waals surface area contributed by atoms with E-state index < -0.39 is 11.4 Å². The van der Waals surface area contributed by atoms with Crippen LogP contribution < -0.4 is 16.2 Å². The third kappa shape index (κ3) is 2.73. The van der Waals surface area contributed by atoms with Gasteiger partial charge in [-0.1, -0.05) is 6.07 Å². The van der Waals surface area contributed by atoms with Crippen LogP contribution in [0.2, 0.25) is 0 Å². The van der Waals surface area contributed by atoms with Gasteiger partial charge in [-0.3, -0.25) is 4.79 Å². The fourth-order valence-electron chi connectivity index (χ4n) is 2.66. The summed E-state index contributed by atoms with van der Waals surface area (Å²) in [5, 5.41) is 0. The molecule has 0 heterocycles. The molecular formula is C15H22N2O2. The van der Waals surface area contributed by atoms with Crippen molar-refractivity contribution < 1.29 is 9.53 Å². The number of benzene rings is 1. The largest absolute Gasteiger partial charge is 0.490 e. The molecule has 0 saturated heterocycles. The quantitative estimate of drug-likeness (QED) is 0.870. The zero-order chi connectivity index (χ0) is 14.2. The highest BCUT2D eigenvalue weighted by molar-refractivity contribution is 5.84. The lowest BCUT2D eigenvalue weighted by Crippen LogP contribution is -2.50. The zero-order valence-electron chi connectivity index (χ0n) is 11.8. The van der Waals surface area contributed by atoms with Gasteiger partial charge >= 0.3 is 0 Å². The number of hydrogen-bond donors (Lipinski definition) is 2. The number of rotatable bonds is 3. The number of carbonyl (C=O) groups excluding carboxylic acids is 1. The van der Waals surface area contributed by atoms with Crippen LogP contribution in [0, 0.1) is 20.8 Å². The lowest BCUT2D eigenvalue weighted by molar-refractivity contribution is -0.123. The number of carbonyl (C=O) groups is 1. The van der Waals surface area contributed by atoms with E-state index in [1.54, 1.807) is 0 Å². The molecule has 2 atom stereocenters. The van der Waals surface area contributed by atoms with Gasteiger partial charge in [-0.15, -0.1) is 0 Å². The molecule has 1 fully saturated rings. The Hall–Kier alpha value is -1.55. The summed E-state index contributed by atoms with van der Waals surface area (Å²) in [6.07, 6.45) is 1.83. The van der Waals surface area contributed by atoms with E-state index in [0.29, 0.717) is 12.8 Å². The lowest BCUT2D eigenvalue weighted by atomic mass is 9.98. The molecule has 1 aliphatic carbocycles. The molecule has 104 valence electrons. The topological polar surface area (TPSA) is 78.3 Å². The van der Waals surface area contributed by atoms with Gasteiger partial charge in [0.2, 0.25) is 5.91 Å². The Morgan fingerprint density at radius 1 is 1.37 bits per heavy atom. The summed E-state index contributed by atoms with van der Waals surface area (Å²) < 4.78 is 6.03. The van der Waals surface area contributed by atoms with E-state index in [9.17, 15) is 4.79 Å².